The van der Waals surface area contributed by atoms with Crippen molar-refractivity contribution in [3.05, 3.63) is 39.3 Å². The lowest BCUT2D eigenvalue weighted by Gasteiger charge is -2.07. The van der Waals surface area contributed by atoms with Gasteiger partial charge in [-0.15, -0.1) is 10.2 Å². The van der Waals surface area contributed by atoms with Crippen LogP contribution in [-0.2, 0) is 11.2 Å². The van der Waals surface area contributed by atoms with E-state index < -0.39 is 0 Å². The number of hydrogen-bond acceptors (Lipinski definition) is 5. The van der Waals surface area contributed by atoms with Crippen molar-refractivity contribution in [3.63, 3.8) is 0 Å². The van der Waals surface area contributed by atoms with E-state index in [1.165, 1.54) is 17.4 Å². The number of nitrogens with one attached hydrogen (secondary N) is 1. The second-order valence-electron chi connectivity index (χ2n) is 5.04. The maximum absolute atomic E-state index is 12.1. The van der Waals surface area contributed by atoms with Gasteiger partial charge in [0.25, 0.3) is 0 Å². The van der Waals surface area contributed by atoms with Gasteiger partial charge in [-0.05, 0) is 37.6 Å². The largest absolute Gasteiger partial charge is 0.493 e. The van der Waals surface area contributed by atoms with Crippen LogP contribution in [0.3, 0.4) is 0 Å². The van der Waals surface area contributed by atoms with Crippen LogP contribution in [0.4, 0.5) is 5.13 Å². The third-order valence-electron chi connectivity index (χ3n) is 3.13. The fraction of sp³-hybridized carbons (Fsp3) is 0.353. The molecule has 0 fully saturated rings. The Morgan fingerprint density at radius 3 is 2.96 bits per heavy atom. The van der Waals surface area contributed by atoms with Crippen molar-refractivity contribution in [1.29, 1.82) is 0 Å². The summed E-state index contributed by atoms with van der Waals surface area (Å²) in [7, 11) is 0. The van der Waals surface area contributed by atoms with Crippen molar-refractivity contribution >= 4 is 44.4 Å². The molecule has 1 aromatic carbocycles. The smallest absolute Gasteiger partial charge is 0.250 e. The average Bonchev–Trinajstić information content (AvgIpc) is 3.00. The van der Waals surface area contributed by atoms with E-state index in [0.29, 0.717) is 11.7 Å². The number of halogens is 1. The summed E-state index contributed by atoms with van der Waals surface area (Å²) in [5.74, 6) is 0.498. The number of amides is 1. The van der Waals surface area contributed by atoms with Crippen molar-refractivity contribution in [2.24, 2.45) is 0 Å². The van der Waals surface area contributed by atoms with Crippen LogP contribution in [0.2, 0.25) is 0 Å². The number of aromatic nitrogens is 2. The SMILES string of the molecule is CCCCc1nnc(NC(=O)/C=C/c2cc(Br)ccc2OCC)s1. The summed E-state index contributed by atoms with van der Waals surface area (Å²) in [5, 5.41) is 12.3. The number of benzene rings is 1. The second-order valence-corrected chi connectivity index (χ2v) is 7.02. The molecular weight excluding hydrogens is 390 g/mol. The Balaban J connectivity index is 2.00. The Morgan fingerprint density at radius 1 is 1.38 bits per heavy atom. The van der Waals surface area contributed by atoms with Gasteiger partial charge in [0, 0.05) is 22.5 Å². The van der Waals surface area contributed by atoms with E-state index in [1.807, 2.05) is 25.1 Å². The van der Waals surface area contributed by atoms with Crippen LogP contribution in [0, 0.1) is 0 Å². The number of rotatable bonds is 8. The van der Waals surface area contributed by atoms with Gasteiger partial charge in [-0.3, -0.25) is 10.1 Å². The van der Waals surface area contributed by atoms with E-state index in [4.69, 9.17) is 4.74 Å². The lowest BCUT2D eigenvalue weighted by Crippen LogP contribution is -2.07. The van der Waals surface area contributed by atoms with Crippen molar-refractivity contribution in [2.45, 2.75) is 33.1 Å². The maximum atomic E-state index is 12.1. The van der Waals surface area contributed by atoms with Crippen LogP contribution in [-0.4, -0.2) is 22.7 Å². The van der Waals surface area contributed by atoms with E-state index in [2.05, 4.69) is 38.4 Å². The molecule has 0 aliphatic heterocycles. The first-order valence-corrected chi connectivity index (χ1v) is 9.47. The van der Waals surface area contributed by atoms with E-state index in [1.54, 1.807) is 6.08 Å². The number of aryl methyl sites for hydroxylation is 1. The molecule has 0 atom stereocenters. The van der Waals surface area contributed by atoms with Gasteiger partial charge in [0.2, 0.25) is 11.0 Å². The highest BCUT2D eigenvalue weighted by Crippen LogP contribution is 2.24. The van der Waals surface area contributed by atoms with Crippen molar-refractivity contribution in [1.82, 2.24) is 10.2 Å². The zero-order valence-electron chi connectivity index (χ0n) is 13.7. The van der Waals surface area contributed by atoms with E-state index >= 15 is 0 Å². The van der Waals surface area contributed by atoms with Gasteiger partial charge in [0.05, 0.1) is 6.61 Å². The van der Waals surface area contributed by atoms with Crippen LogP contribution in [0.25, 0.3) is 6.08 Å². The average molecular weight is 410 g/mol. The standard InChI is InChI=1S/C17H20BrN3O2S/c1-3-5-6-16-20-21-17(24-16)19-15(22)10-7-12-11-13(18)8-9-14(12)23-4-2/h7-11H,3-6H2,1-2H3,(H,19,21,22)/b10-7+. The topological polar surface area (TPSA) is 64.1 Å². The van der Waals surface area contributed by atoms with Crippen LogP contribution in [0.5, 0.6) is 5.75 Å². The Kier molecular flexibility index (Phi) is 7.39. The van der Waals surface area contributed by atoms with E-state index in [9.17, 15) is 4.79 Å². The highest BCUT2D eigenvalue weighted by molar-refractivity contribution is 9.10. The highest BCUT2D eigenvalue weighted by atomic mass is 79.9. The normalized spacial score (nSPS) is 11.0. The quantitative estimate of drug-likeness (QED) is 0.641. The summed E-state index contributed by atoms with van der Waals surface area (Å²) in [4.78, 5) is 12.1. The summed E-state index contributed by atoms with van der Waals surface area (Å²) < 4.78 is 6.49. The Morgan fingerprint density at radius 2 is 2.21 bits per heavy atom. The van der Waals surface area contributed by atoms with Gasteiger partial charge in [-0.2, -0.15) is 0 Å². The molecule has 0 saturated heterocycles. The minimum Gasteiger partial charge on any atom is -0.493 e. The Bertz CT molecular complexity index is 716. The van der Waals surface area contributed by atoms with Gasteiger partial charge in [0.15, 0.2) is 0 Å². The zero-order valence-corrected chi connectivity index (χ0v) is 16.1. The summed E-state index contributed by atoms with van der Waals surface area (Å²) in [5.41, 5.74) is 0.835. The molecule has 7 heteroatoms. The first kappa shape index (κ1) is 18.6. The predicted octanol–water partition coefficient (Wildman–Crippen LogP) is 4.69. The number of ether oxygens (including phenoxy) is 1. The number of nitrogens with zero attached hydrogens (tertiary/aromatic N) is 2. The second kappa shape index (κ2) is 9.54. The molecular formula is C17H20BrN3O2S. The fourth-order valence-electron chi connectivity index (χ4n) is 1.98. The minimum absolute atomic E-state index is 0.240. The highest BCUT2D eigenvalue weighted by Gasteiger charge is 2.07. The molecule has 2 aromatic rings. The zero-order chi connectivity index (χ0) is 17.4. The van der Waals surface area contributed by atoms with Gasteiger partial charge in [-0.25, -0.2) is 0 Å². The monoisotopic (exact) mass is 409 g/mol. The molecule has 0 aliphatic carbocycles. The number of hydrogen-bond donors (Lipinski definition) is 1. The summed E-state index contributed by atoms with van der Waals surface area (Å²) >= 11 is 4.84. The lowest BCUT2D eigenvalue weighted by molar-refractivity contribution is -0.111. The molecule has 0 bridgehead atoms. The van der Waals surface area contributed by atoms with Crippen molar-refractivity contribution in [2.75, 3.05) is 11.9 Å². The van der Waals surface area contributed by atoms with Crippen molar-refractivity contribution < 1.29 is 9.53 Å². The fourth-order valence-corrected chi connectivity index (χ4v) is 3.15. The lowest BCUT2D eigenvalue weighted by atomic mass is 10.2. The van der Waals surface area contributed by atoms with Crippen LogP contribution < -0.4 is 10.1 Å². The molecule has 0 spiro atoms. The summed E-state index contributed by atoms with van der Waals surface area (Å²) in [6, 6.07) is 5.68. The molecule has 0 aliphatic rings. The molecule has 0 unspecified atom stereocenters. The number of unbranched alkanes of at least 4 members (excludes halogenated alkanes) is 1. The molecule has 1 heterocycles. The van der Waals surface area contributed by atoms with Crippen LogP contribution in [0.15, 0.2) is 28.7 Å². The van der Waals surface area contributed by atoms with Crippen LogP contribution >= 0.6 is 27.3 Å². The maximum Gasteiger partial charge on any atom is 0.250 e. The molecule has 1 amide bonds. The number of anilines is 1. The van der Waals surface area contributed by atoms with Gasteiger partial charge in [0.1, 0.15) is 10.8 Å². The van der Waals surface area contributed by atoms with Crippen molar-refractivity contribution in [3.8, 4) is 5.75 Å². The number of carbonyl (C=O) groups excluding carboxylic acids is 1. The molecule has 5 nitrogen and oxygen atoms in total. The third-order valence-corrected chi connectivity index (χ3v) is 4.52. The van der Waals surface area contributed by atoms with E-state index in [-0.39, 0.29) is 5.91 Å². The molecule has 0 saturated carbocycles. The molecule has 1 aromatic heterocycles. The minimum atomic E-state index is -0.240. The van der Waals surface area contributed by atoms with Gasteiger partial charge >= 0.3 is 0 Å². The molecule has 1 N–H and O–H groups in total. The Labute approximate surface area is 154 Å². The van der Waals surface area contributed by atoms with Gasteiger partial charge in [-0.1, -0.05) is 40.6 Å². The third kappa shape index (κ3) is 5.72. The Hall–Kier alpha value is -1.73. The molecule has 24 heavy (non-hydrogen) atoms. The number of carbonyl (C=O) groups is 1. The van der Waals surface area contributed by atoms with Gasteiger partial charge < -0.3 is 4.74 Å². The molecule has 2 rings (SSSR count). The first-order chi connectivity index (χ1) is 11.6. The molecule has 128 valence electrons. The first-order valence-electron chi connectivity index (χ1n) is 7.86. The predicted molar refractivity (Wildman–Crippen MR) is 101 cm³/mol. The summed E-state index contributed by atoms with van der Waals surface area (Å²) in [6.45, 7) is 4.63. The van der Waals surface area contributed by atoms with E-state index in [0.717, 1.165) is 40.1 Å². The summed E-state index contributed by atoms with van der Waals surface area (Å²) in [6.07, 6.45) is 6.28. The molecule has 0 radical (unpaired) electrons. The van der Waals surface area contributed by atoms with Crippen LogP contribution in [0.1, 0.15) is 37.3 Å².